The standard InChI is InChI=1S/C14H16N4O3S/c1-3-11(12(19)16-14-18-17-8(2)22-14)21-13(20)9-5-4-6-10(15)7-9/h4-7,11H,3,15H2,1-2H3,(H,16,18,19). The molecule has 1 aromatic heterocycles. The monoisotopic (exact) mass is 320 g/mol. The summed E-state index contributed by atoms with van der Waals surface area (Å²) in [6.45, 7) is 3.53. The molecular weight excluding hydrogens is 304 g/mol. The van der Waals surface area contributed by atoms with Gasteiger partial charge in [-0.05, 0) is 31.5 Å². The third kappa shape index (κ3) is 4.01. The Labute approximate surface area is 131 Å². The maximum Gasteiger partial charge on any atom is 0.338 e. The second-order valence-corrected chi connectivity index (χ2v) is 5.72. The van der Waals surface area contributed by atoms with Gasteiger partial charge in [0.25, 0.3) is 5.91 Å². The number of esters is 1. The van der Waals surface area contributed by atoms with Crippen LogP contribution in [0, 0.1) is 6.92 Å². The molecule has 1 aromatic carbocycles. The van der Waals surface area contributed by atoms with E-state index in [0.29, 0.717) is 22.8 Å². The maximum absolute atomic E-state index is 12.1. The van der Waals surface area contributed by atoms with Gasteiger partial charge in [0.1, 0.15) is 5.01 Å². The number of amides is 1. The van der Waals surface area contributed by atoms with E-state index in [2.05, 4.69) is 15.5 Å². The summed E-state index contributed by atoms with van der Waals surface area (Å²) in [6.07, 6.45) is -0.560. The molecule has 0 aliphatic heterocycles. The number of ether oxygens (including phenoxy) is 1. The lowest BCUT2D eigenvalue weighted by Gasteiger charge is -2.15. The van der Waals surface area contributed by atoms with Gasteiger partial charge in [-0.3, -0.25) is 10.1 Å². The van der Waals surface area contributed by atoms with Crippen LogP contribution in [0.4, 0.5) is 10.8 Å². The molecular formula is C14H16N4O3S. The Hall–Kier alpha value is -2.48. The van der Waals surface area contributed by atoms with E-state index >= 15 is 0 Å². The first kappa shape index (κ1) is 15.9. The zero-order valence-electron chi connectivity index (χ0n) is 12.2. The zero-order chi connectivity index (χ0) is 16.1. The van der Waals surface area contributed by atoms with Crippen molar-refractivity contribution in [2.75, 3.05) is 11.1 Å². The van der Waals surface area contributed by atoms with Crippen LogP contribution in [0.25, 0.3) is 0 Å². The summed E-state index contributed by atoms with van der Waals surface area (Å²) < 4.78 is 5.23. The number of nitrogens with zero attached hydrogens (tertiary/aromatic N) is 2. The van der Waals surface area contributed by atoms with Crippen molar-refractivity contribution in [1.82, 2.24) is 10.2 Å². The highest BCUT2D eigenvalue weighted by Gasteiger charge is 2.23. The van der Waals surface area contributed by atoms with E-state index < -0.39 is 18.0 Å². The lowest BCUT2D eigenvalue weighted by atomic mass is 10.2. The summed E-state index contributed by atoms with van der Waals surface area (Å²) in [5.74, 6) is -1.03. The van der Waals surface area contributed by atoms with E-state index in [0.717, 1.165) is 5.01 Å². The highest BCUT2D eigenvalue weighted by atomic mass is 32.1. The zero-order valence-corrected chi connectivity index (χ0v) is 13.0. The molecule has 0 bridgehead atoms. The van der Waals surface area contributed by atoms with Crippen molar-refractivity contribution in [2.45, 2.75) is 26.4 Å². The molecule has 1 amide bonds. The predicted octanol–water partition coefficient (Wildman–Crippen LogP) is 2.00. The first-order valence-corrected chi connectivity index (χ1v) is 7.48. The van der Waals surface area contributed by atoms with Gasteiger partial charge in [-0.2, -0.15) is 0 Å². The summed E-state index contributed by atoms with van der Waals surface area (Å²) in [6, 6.07) is 6.40. The van der Waals surface area contributed by atoms with Crippen LogP contribution in [-0.2, 0) is 9.53 Å². The molecule has 3 N–H and O–H groups in total. The number of nitrogen functional groups attached to an aromatic ring is 1. The molecule has 1 heterocycles. The lowest BCUT2D eigenvalue weighted by molar-refractivity contribution is -0.124. The van der Waals surface area contributed by atoms with Crippen molar-refractivity contribution in [2.24, 2.45) is 0 Å². The molecule has 2 aromatic rings. The number of rotatable bonds is 5. The minimum atomic E-state index is -0.905. The van der Waals surface area contributed by atoms with Crippen LogP contribution in [0.15, 0.2) is 24.3 Å². The molecule has 0 aliphatic rings. The van der Waals surface area contributed by atoms with E-state index in [1.165, 1.54) is 17.4 Å². The van der Waals surface area contributed by atoms with Crippen LogP contribution in [0.3, 0.4) is 0 Å². The molecule has 0 aliphatic carbocycles. The van der Waals surface area contributed by atoms with Gasteiger partial charge in [-0.25, -0.2) is 4.79 Å². The van der Waals surface area contributed by atoms with E-state index in [4.69, 9.17) is 10.5 Å². The fourth-order valence-corrected chi connectivity index (χ4v) is 2.31. The van der Waals surface area contributed by atoms with Gasteiger partial charge in [0.2, 0.25) is 5.13 Å². The maximum atomic E-state index is 12.1. The van der Waals surface area contributed by atoms with Crippen LogP contribution >= 0.6 is 11.3 Å². The lowest BCUT2D eigenvalue weighted by Crippen LogP contribution is -2.32. The number of aromatic nitrogens is 2. The van der Waals surface area contributed by atoms with E-state index in [-0.39, 0.29) is 0 Å². The van der Waals surface area contributed by atoms with Crippen LogP contribution in [0.5, 0.6) is 0 Å². The molecule has 0 saturated carbocycles. The largest absolute Gasteiger partial charge is 0.449 e. The third-order valence-corrected chi connectivity index (χ3v) is 3.55. The molecule has 0 fully saturated rings. The minimum Gasteiger partial charge on any atom is -0.449 e. The highest BCUT2D eigenvalue weighted by molar-refractivity contribution is 7.15. The van der Waals surface area contributed by atoms with E-state index in [9.17, 15) is 9.59 Å². The molecule has 7 nitrogen and oxygen atoms in total. The number of carbonyl (C=O) groups is 2. The smallest absolute Gasteiger partial charge is 0.338 e. The fraction of sp³-hybridized carbons (Fsp3) is 0.286. The minimum absolute atomic E-state index is 0.304. The van der Waals surface area contributed by atoms with Gasteiger partial charge in [-0.15, -0.1) is 10.2 Å². The number of hydrogen-bond donors (Lipinski definition) is 2. The number of nitrogens with one attached hydrogen (secondary N) is 1. The Morgan fingerprint density at radius 1 is 1.41 bits per heavy atom. The molecule has 2 rings (SSSR count). The predicted molar refractivity (Wildman–Crippen MR) is 83.6 cm³/mol. The summed E-state index contributed by atoms with van der Waals surface area (Å²) in [4.78, 5) is 24.2. The fourth-order valence-electron chi connectivity index (χ4n) is 1.72. The quantitative estimate of drug-likeness (QED) is 0.644. The van der Waals surface area contributed by atoms with Crippen LogP contribution in [0.1, 0.15) is 28.7 Å². The summed E-state index contributed by atoms with van der Waals surface area (Å²) in [7, 11) is 0. The molecule has 8 heteroatoms. The van der Waals surface area contributed by atoms with Crippen LogP contribution < -0.4 is 11.1 Å². The average molecular weight is 320 g/mol. The Kier molecular flexibility index (Phi) is 5.05. The molecule has 1 unspecified atom stereocenters. The number of aryl methyl sites for hydroxylation is 1. The number of hydrogen-bond acceptors (Lipinski definition) is 7. The topological polar surface area (TPSA) is 107 Å². The van der Waals surface area contributed by atoms with Gasteiger partial charge in [0.05, 0.1) is 5.56 Å². The number of carbonyl (C=O) groups excluding carboxylic acids is 2. The van der Waals surface area contributed by atoms with Gasteiger partial charge in [-0.1, -0.05) is 24.3 Å². The number of benzene rings is 1. The van der Waals surface area contributed by atoms with Crippen molar-refractivity contribution in [3.63, 3.8) is 0 Å². The normalized spacial score (nSPS) is 11.7. The molecule has 116 valence electrons. The van der Waals surface area contributed by atoms with Gasteiger partial charge < -0.3 is 10.5 Å². The second kappa shape index (κ2) is 6.99. The van der Waals surface area contributed by atoms with Crippen LogP contribution in [-0.4, -0.2) is 28.2 Å². The molecule has 0 radical (unpaired) electrons. The van der Waals surface area contributed by atoms with Crippen molar-refractivity contribution < 1.29 is 14.3 Å². The van der Waals surface area contributed by atoms with Crippen molar-refractivity contribution in [3.05, 3.63) is 34.8 Å². The molecule has 0 spiro atoms. The first-order chi connectivity index (χ1) is 10.5. The third-order valence-electron chi connectivity index (χ3n) is 2.79. The average Bonchev–Trinajstić information content (AvgIpc) is 2.89. The highest BCUT2D eigenvalue weighted by Crippen LogP contribution is 2.16. The van der Waals surface area contributed by atoms with Crippen molar-refractivity contribution in [3.8, 4) is 0 Å². The molecule has 0 saturated heterocycles. The molecule has 22 heavy (non-hydrogen) atoms. The Bertz CT molecular complexity index is 686. The Morgan fingerprint density at radius 3 is 2.77 bits per heavy atom. The SMILES string of the molecule is CCC(OC(=O)c1cccc(N)c1)C(=O)Nc1nnc(C)s1. The van der Waals surface area contributed by atoms with E-state index in [1.807, 2.05) is 0 Å². The first-order valence-electron chi connectivity index (χ1n) is 6.67. The summed E-state index contributed by atoms with van der Waals surface area (Å²) >= 11 is 1.25. The van der Waals surface area contributed by atoms with Gasteiger partial charge >= 0.3 is 5.97 Å². The van der Waals surface area contributed by atoms with Gasteiger partial charge in [0, 0.05) is 5.69 Å². The number of anilines is 2. The molecule has 1 atom stereocenters. The van der Waals surface area contributed by atoms with Crippen molar-refractivity contribution in [1.29, 1.82) is 0 Å². The van der Waals surface area contributed by atoms with Gasteiger partial charge in [0.15, 0.2) is 6.10 Å². The summed E-state index contributed by atoms with van der Waals surface area (Å²) in [5, 5.41) is 11.3. The Balaban J connectivity index is 2.02. The summed E-state index contributed by atoms with van der Waals surface area (Å²) in [5.41, 5.74) is 6.38. The Morgan fingerprint density at radius 2 is 2.18 bits per heavy atom. The number of nitrogens with two attached hydrogens (primary N) is 1. The van der Waals surface area contributed by atoms with E-state index in [1.54, 1.807) is 32.0 Å². The van der Waals surface area contributed by atoms with Crippen molar-refractivity contribution >= 4 is 34.0 Å². The van der Waals surface area contributed by atoms with Crippen LogP contribution in [0.2, 0.25) is 0 Å². The second-order valence-electron chi connectivity index (χ2n) is 4.54.